The fraction of sp³-hybridized carbons (Fsp3) is 0.333. The topological polar surface area (TPSA) is 69.8 Å². The highest BCUT2D eigenvalue weighted by atomic mass is 16.1. The quantitative estimate of drug-likeness (QED) is 0.345. The van der Waals surface area contributed by atoms with Crippen molar-refractivity contribution in [1.82, 2.24) is 19.6 Å². The van der Waals surface area contributed by atoms with Crippen molar-refractivity contribution in [2.24, 2.45) is 5.92 Å². The van der Waals surface area contributed by atoms with Crippen molar-refractivity contribution < 1.29 is 4.79 Å². The molecular weight excluding hydrogens is 412 g/mol. The lowest BCUT2D eigenvalue weighted by atomic mass is 10.0. The summed E-state index contributed by atoms with van der Waals surface area (Å²) in [6.45, 7) is 8.62. The van der Waals surface area contributed by atoms with Gasteiger partial charge < -0.3 is 0 Å². The molecule has 0 saturated heterocycles. The SMILES string of the molecule is CC(=O)c1nn(Cc2ccc(-n3cccn3)cc2)c2ccccc2c1=O.CCC[C@H](C)CC. The zero-order valence-corrected chi connectivity index (χ0v) is 19.9. The minimum Gasteiger partial charge on any atom is -0.293 e. The number of fused-ring (bicyclic) bond motifs is 1. The summed E-state index contributed by atoms with van der Waals surface area (Å²) in [6, 6.07) is 17.0. The van der Waals surface area contributed by atoms with E-state index in [0.717, 1.165) is 17.2 Å². The van der Waals surface area contributed by atoms with Gasteiger partial charge in [0.1, 0.15) is 0 Å². The van der Waals surface area contributed by atoms with Gasteiger partial charge in [-0.2, -0.15) is 10.2 Å². The number of para-hydroxylation sites is 1. The average Bonchev–Trinajstić information content (AvgIpc) is 3.37. The zero-order valence-electron chi connectivity index (χ0n) is 19.9. The summed E-state index contributed by atoms with van der Waals surface area (Å²) in [7, 11) is 0. The Hall–Kier alpha value is -3.54. The molecule has 4 aromatic rings. The van der Waals surface area contributed by atoms with Crippen LogP contribution in [0.2, 0.25) is 0 Å². The van der Waals surface area contributed by atoms with Crippen LogP contribution < -0.4 is 5.43 Å². The molecule has 1 atom stereocenters. The highest BCUT2D eigenvalue weighted by Crippen LogP contribution is 2.14. The van der Waals surface area contributed by atoms with Crippen molar-refractivity contribution in [1.29, 1.82) is 0 Å². The summed E-state index contributed by atoms with van der Waals surface area (Å²) in [6.07, 6.45) is 7.69. The van der Waals surface area contributed by atoms with Gasteiger partial charge in [0, 0.05) is 24.7 Å². The Bertz CT molecular complexity index is 1240. The lowest BCUT2D eigenvalue weighted by Crippen LogP contribution is -2.22. The smallest absolute Gasteiger partial charge is 0.218 e. The number of nitrogens with zero attached hydrogens (tertiary/aromatic N) is 4. The van der Waals surface area contributed by atoms with E-state index in [1.54, 1.807) is 27.7 Å². The molecule has 0 spiro atoms. The maximum absolute atomic E-state index is 12.4. The van der Waals surface area contributed by atoms with E-state index < -0.39 is 0 Å². The summed E-state index contributed by atoms with van der Waals surface area (Å²) in [5.41, 5.74) is 2.33. The van der Waals surface area contributed by atoms with Gasteiger partial charge in [-0.3, -0.25) is 14.3 Å². The van der Waals surface area contributed by atoms with E-state index in [-0.39, 0.29) is 16.9 Å². The second kappa shape index (κ2) is 11.4. The molecule has 33 heavy (non-hydrogen) atoms. The Labute approximate surface area is 194 Å². The molecule has 0 aliphatic heterocycles. The number of benzene rings is 2. The predicted octanol–water partition coefficient (Wildman–Crippen LogP) is 5.67. The van der Waals surface area contributed by atoms with Crippen molar-refractivity contribution in [3.63, 3.8) is 0 Å². The van der Waals surface area contributed by atoms with Crippen LogP contribution in [0, 0.1) is 5.92 Å². The molecule has 6 heteroatoms. The molecule has 0 N–H and O–H groups in total. The van der Waals surface area contributed by atoms with E-state index in [1.165, 1.54) is 26.2 Å². The van der Waals surface area contributed by atoms with E-state index in [4.69, 9.17) is 0 Å². The number of Topliss-reactive ketones (excluding diaryl/α,β-unsaturated/α-hetero) is 1. The molecule has 0 radical (unpaired) electrons. The van der Waals surface area contributed by atoms with Crippen LogP contribution in [0.3, 0.4) is 0 Å². The number of hydrogen-bond acceptors (Lipinski definition) is 4. The second-order valence-corrected chi connectivity index (χ2v) is 8.33. The van der Waals surface area contributed by atoms with Crippen LogP contribution in [0.25, 0.3) is 16.6 Å². The Morgan fingerprint density at radius 2 is 1.76 bits per heavy atom. The van der Waals surface area contributed by atoms with Crippen LogP contribution in [-0.2, 0) is 6.54 Å². The number of aromatic nitrogens is 4. The summed E-state index contributed by atoms with van der Waals surface area (Å²) in [5.74, 6) is 0.619. The fourth-order valence-electron chi connectivity index (χ4n) is 3.63. The summed E-state index contributed by atoms with van der Waals surface area (Å²) in [4.78, 5) is 24.2. The third-order valence-corrected chi connectivity index (χ3v) is 5.71. The largest absolute Gasteiger partial charge is 0.293 e. The predicted molar refractivity (Wildman–Crippen MR) is 133 cm³/mol. The molecule has 0 aliphatic carbocycles. The van der Waals surface area contributed by atoms with Crippen molar-refractivity contribution in [3.05, 3.63) is 88.5 Å². The van der Waals surface area contributed by atoms with Gasteiger partial charge in [-0.1, -0.05) is 64.3 Å². The first-order valence-electron chi connectivity index (χ1n) is 11.5. The van der Waals surface area contributed by atoms with Gasteiger partial charge >= 0.3 is 0 Å². The van der Waals surface area contributed by atoms with Gasteiger partial charge in [-0.05, 0) is 41.8 Å². The lowest BCUT2D eigenvalue weighted by molar-refractivity contribution is 0.101. The lowest BCUT2D eigenvalue weighted by Gasteiger charge is -2.12. The molecule has 4 rings (SSSR count). The van der Waals surface area contributed by atoms with Crippen LogP contribution >= 0.6 is 0 Å². The molecule has 6 nitrogen and oxygen atoms in total. The van der Waals surface area contributed by atoms with E-state index in [2.05, 4.69) is 31.0 Å². The summed E-state index contributed by atoms with van der Waals surface area (Å²) in [5, 5.41) is 9.01. The molecule has 0 aliphatic rings. The van der Waals surface area contributed by atoms with Crippen LogP contribution in [-0.4, -0.2) is 25.3 Å². The van der Waals surface area contributed by atoms with E-state index in [1.807, 2.05) is 48.7 Å². The van der Waals surface area contributed by atoms with Crippen LogP contribution in [0.4, 0.5) is 0 Å². The molecule has 0 bridgehead atoms. The Balaban J connectivity index is 0.000000383. The maximum Gasteiger partial charge on any atom is 0.218 e. The van der Waals surface area contributed by atoms with Gasteiger partial charge in [0.25, 0.3) is 0 Å². The molecule has 0 unspecified atom stereocenters. The monoisotopic (exact) mass is 444 g/mol. The van der Waals surface area contributed by atoms with Gasteiger partial charge in [-0.25, -0.2) is 4.68 Å². The first-order chi connectivity index (χ1) is 15.9. The van der Waals surface area contributed by atoms with Crippen LogP contribution in [0.5, 0.6) is 0 Å². The highest BCUT2D eigenvalue weighted by Gasteiger charge is 2.14. The third-order valence-electron chi connectivity index (χ3n) is 5.71. The molecule has 2 aromatic heterocycles. The minimum absolute atomic E-state index is 0.0307. The maximum atomic E-state index is 12.4. The molecule has 2 aromatic carbocycles. The number of hydrogen-bond donors (Lipinski definition) is 0. The Kier molecular flexibility index (Phi) is 8.30. The van der Waals surface area contributed by atoms with Crippen molar-refractivity contribution in [3.8, 4) is 5.69 Å². The van der Waals surface area contributed by atoms with Gasteiger partial charge in [-0.15, -0.1) is 0 Å². The molecule has 2 heterocycles. The normalized spacial score (nSPS) is 11.6. The number of ketones is 1. The van der Waals surface area contributed by atoms with E-state index >= 15 is 0 Å². The van der Waals surface area contributed by atoms with Crippen molar-refractivity contribution in [2.45, 2.75) is 53.5 Å². The zero-order chi connectivity index (χ0) is 23.8. The van der Waals surface area contributed by atoms with E-state index in [9.17, 15) is 9.59 Å². The van der Waals surface area contributed by atoms with E-state index in [0.29, 0.717) is 17.4 Å². The third kappa shape index (κ3) is 6.04. The van der Waals surface area contributed by atoms with Crippen LogP contribution in [0.15, 0.2) is 71.8 Å². The minimum atomic E-state index is -0.330. The Morgan fingerprint density at radius 1 is 1.03 bits per heavy atom. The van der Waals surface area contributed by atoms with Gasteiger partial charge in [0.05, 0.1) is 17.7 Å². The standard InChI is InChI=1S/C20H16N4O2.C7H16/c1-14(25)19-20(26)17-5-2-3-6-18(17)24(22-19)13-15-7-9-16(10-8-15)23-12-4-11-21-23;1-4-6-7(3)5-2/h2-12H,13H2,1H3;7H,4-6H2,1-3H3/t;7-/m.1/s1. The van der Waals surface area contributed by atoms with Crippen LogP contribution in [0.1, 0.15) is 63.0 Å². The average molecular weight is 445 g/mol. The molecule has 0 saturated carbocycles. The molecule has 0 fully saturated rings. The first-order valence-corrected chi connectivity index (χ1v) is 11.5. The number of carbonyl (C=O) groups excluding carboxylic acids is 1. The van der Waals surface area contributed by atoms with Crippen molar-refractivity contribution >= 4 is 16.7 Å². The number of carbonyl (C=O) groups is 1. The summed E-state index contributed by atoms with van der Waals surface area (Å²) < 4.78 is 3.49. The fourth-order valence-corrected chi connectivity index (χ4v) is 3.63. The highest BCUT2D eigenvalue weighted by molar-refractivity contribution is 5.95. The Morgan fingerprint density at radius 3 is 2.33 bits per heavy atom. The molecule has 0 amide bonds. The second-order valence-electron chi connectivity index (χ2n) is 8.33. The molecular formula is C27H32N4O2. The number of rotatable bonds is 7. The van der Waals surface area contributed by atoms with Gasteiger partial charge in [0.15, 0.2) is 11.5 Å². The first kappa shape index (κ1) is 24.1. The molecule has 172 valence electrons. The van der Waals surface area contributed by atoms with Gasteiger partial charge in [0.2, 0.25) is 5.43 Å². The van der Waals surface area contributed by atoms with Crippen molar-refractivity contribution in [2.75, 3.05) is 0 Å². The summed E-state index contributed by atoms with van der Waals surface area (Å²) >= 11 is 0.